The zero-order valence-electron chi connectivity index (χ0n) is 17.5. The quantitative estimate of drug-likeness (QED) is 0.375. The van der Waals surface area contributed by atoms with Crippen LogP contribution in [0.1, 0.15) is 24.0 Å². The highest BCUT2D eigenvalue weighted by atomic mass is 79.9. The number of likely N-dealkylation sites (tertiary alicyclic amines) is 1. The first-order valence-corrected chi connectivity index (χ1v) is 12.5. The number of nitrogens with zero attached hydrogens (tertiary/aromatic N) is 1. The molecule has 4 rings (SSSR count). The highest BCUT2D eigenvalue weighted by molar-refractivity contribution is 9.10. The van der Waals surface area contributed by atoms with Crippen LogP contribution in [0.2, 0.25) is 0 Å². The number of anilines is 1. The van der Waals surface area contributed by atoms with Crippen LogP contribution >= 0.6 is 27.7 Å². The van der Waals surface area contributed by atoms with Gasteiger partial charge in [-0.25, -0.2) is 0 Å². The summed E-state index contributed by atoms with van der Waals surface area (Å²) >= 11 is 5.36. The molecular weight excluding hydrogens is 468 g/mol. The van der Waals surface area contributed by atoms with Crippen LogP contribution in [0, 0.1) is 5.92 Å². The van der Waals surface area contributed by atoms with Gasteiger partial charge in [0, 0.05) is 33.3 Å². The predicted octanol–water partition coefficient (Wildman–Crippen LogP) is 6.59. The van der Waals surface area contributed by atoms with Crippen molar-refractivity contribution in [1.82, 2.24) is 4.90 Å². The maximum atomic E-state index is 12.7. The molecule has 3 aromatic rings. The van der Waals surface area contributed by atoms with Crippen molar-refractivity contribution < 1.29 is 4.79 Å². The number of carbonyl (C=O) groups excluding carboxylic acids is 1. The molecule has 160 valence electrons. The molecule has 1 amide bonds. The van der Waals surface area contributed by atoms with E-state index in [2.05, 4.69) is 86.8 Å². The molecule has 1 aliphatic rings. The lowest BCUT2D eigenvalue weighted by molar-refractivity contribution is -0.121. The van der Waals surface area contributed by atoms with Gasteiger partial charge in [-0.1, -0.05) is 58.4 Å². The number of halogens is 1. The Hall–Kier alpha value is -2.08. The molecule has 0 atom stereocenters. The van der Waals surface area contributed by atoms with E-state index >= 15 is 0 Å². The van der Waals surface area contributed by atoms with E-state index < -0.39 is 0 Å². The van der Waals surface area contributed by atoms with Gasteiger partial charge < -0.3 is 5.32 Å². The average Bonchev–Trinajstić information content (AvgIpc) is 2.80. The lowest BCUT2D eigenvalue weighted by Crippen LogP contribution is -2.37. The fourth-order valence-corrected chi connectivity index (χ4v) is 5.18. The van der Waals surface area contributed by atoms with Crippen LogP contribution in [0.5, 0.6) is 0 Å². The summed E-state index contributed by atoms with van der Waals surface area (Å²) in [5, 5.41) is 3.11. The van der Waals surface area contributed by atoms with Gasteiger partial charge in [0.25, 0.3) is 0 Å². The normalized spacial score (nSPS) is 15.0. The zero-order chi connectivity index (χ0) is 21.5. The maximum Gasteiger partial charge on any atom is 0.227 e. The molecule has 0 radical (unpaired) electrons. The van der Waals surface area contributed by atoms with Gasteiger partial charge in [0.05, 0.1) is 0 Å². The first-order chi connectivity index (χ1) is 15.2. The second kappa shape index (κ2) is 11.0. The van der Waals surface area contributed by atoms with E-state index in [-0.39, 0.29) is 11.8 Å². The molecule has 1 saturated heterocycles. The Bertz CT molecular complexity index is 986. The molecule has 0 spiro atoms. The molecule has 1 heterocycles. The SMILES string of the molecule is O=C(Nc1ccc(CSc2ccccc2)cc1)C1CCN(Cc2cccc(Br)c2)CC1. The number of hydrogen-bond donors (Lipinski definition) is 1. The summed E-state index contributed by atoms with van der Waals surface area (Å²) in [5.41, 5.74) is 3.45. The molecule has 0 saturated carbocycles. The van der Waals surface area contributed by atoms with Crippen molar-refractivity contribution in [3.63, 3.8) is 0 Å². The lowest BCUT2D eigenvalue weighted by Gasteiger charge is -2.31. The lowest BCUT2D eigenvalue weighted by atomic mass is 9.95. The summed E-state index contributed by atoms with van der Waals surface area (Å²) in [4.78, 5) is 16.4. The van der Waals surface area contributed by atoms with Gasteiger partial charge in [0.15, 0.2) is 0 Å². The molecule has 5 heteroatoms. The number of amides is 1. The van der Waals surface area contributed by atoms with Gasteiger partial charge in [0.1, 0.15) is 0 Å². The van der Waals surface area contributed by atoms with Crippen molar-refractivity contribution in [2.45, 2.75) is 30.0 Å². The van der Waals surface area contributed by atoms with Crippen LogP contribution in [-0.2, 0) is 17.1 Å². The predicted molar refractivity (Wildman–Crippen MR) is 133 cm³/mol. The van der Waals surface area contributed by atoms with Gasteiger partial charge in [-0.05, 0) is 73.5 Å². The Morgan fingerprint density at radius 3 is 2.39 bits per heavy atom. The first kappa shape index (κ1) is 22.1. The van der Waals surface area contributed by atoms with Crippen LogP contribution in [0.15, 0.2) is 88.2 Å². The van der Waals surface area contributed by atoms with E-state index in [0.717, 1.165) is 48.4 Å². The molecule has 1 fully saturated rings. The van der Waals surface area contributed by atoms with Crippen LogP contribution in [0.25, 0.3) is 0 Å². The van der Waals surface area contributed by atoms with Crippen molar-refractivity contribution in [3.8, 4) is 0 Å². The molecule has 3 aromatic carbocycles. The minimum atomic E-state index is 0.0899. The third-order valence-corrected chi connectivity index (χ3v) is 7.20. The van der Waals surface area contributed by atoms with E-state index in [0.29, 0.717) is 0 Å². The summed E-state index contributed by atoms with van der Waals surface area (Å²) < 4.78 is 1.11. The summed E-state index contributed by atoms with van der Waals surface area (Å²) in [6.07, 6.45) is 1.82. The minimum Gasteiger partial charge on any atom is -0.326 e. The first-order valence-electron chi connectivity index (χ1n) is 10.7. The molecular formula is C26H27BrN2OS. The Labute approximate surface area is 197 Å². The van der Waals surface area contributed by atoms with Crippen molar-refractivity contribution in [1.29, 1.82) is 0 Å². The third-order valence-electron chi connectivity index (χ3n) is 5.62. The van der Waals surface area contributed by atoms with E-state index in [1.54, 1.807) is 0 Å². The molecule has 1 aliphatic heterocycles. The smallest absolute Gasteiger partial charge is 0.227 e. The van der Waals surface area contributed by atoms with Crippen LogP contribution < -0.4 is 5.32 Å². The van der Waals surface area contributed by atoms with E-state index in [4.69, 9.17) is 0 Å². The molecule has 1 N–H and O–H groups in total. The second-order valence-electron chi connectivity index (χ2n) is 7.97. The third kappa shape index (κ3) is 6.70. The van der Waals surface area contributed by atoms with E-state index in [9.17, 15) is 4.79 Å². The maximum absolute atomic E-state index is 12.7. The largest absolute Gasteiger partial charge is 0.326 e. The highest BCUT2D eigenvalue weighted by Gasteiger charge is 2.25. The average molecular weight is 495 g/mol. The van der Waals surface area contributed by atoms with Gasteiger partial charge >= 0.3 is 0 Å². The Balaban J connectivity index is 1.22. The number of benzene rings is 3. The highest BCUT2D eigenvalue weighted by Crippen LogP contribution is 2.24. The summed E-state index contributed by atoms with van der Waals surface area (Å²) in [5.74, 6) is 1.16. The molecule has 0 unspecified atom stereocenters. The van der Waals surface area contributed by atoms with E-state index in [1.165, 1.54) is 16.0 Å². The zero-order valence-corrected chi connectivity index (χ0v) is 19.9. The Morgan fingerprint density at radius 1 is 0.935 bits per heavy atom. The monoisotopic (exact) mass is 494 g/mol. The van der Waals surface area contributed by atoms with Crippen molar-refractivity contribution in [3.05, 3.63) is 94.5 Å². The van der Waals surface area contributed by atoms with Crippen molar-refractivity contribution in [2.24, 2.45) is 5.92 Å². The van der Waals surface area contributed by atoms with Gasteiger partial charge in [0.2, 0.25) is 5.91 Å². The van der Waals surface area contributed by atoms with Crippen molar-refractivity contribution in [2.75, 3.05) is 18.4 Å². The fourth-order valence-electron chi connectivity index (χ4n) is 3.86. The summed E-state index contributed by atoms with van der Waals surface area (Å²) in [6, 6.07) is 27.1. The molecule has 31 heavy (non-hydrogen) atoms. The number of piperidine rings is 1. The summed E-state index contributed by atoms with van der Waals surface area (Å²) in [6.45, 7) is 2.86. The second-order valence-corrected chi connectivity index (χ2v) is 9.93. The molecule has 0 aliphatic carbocycles. The van der Waals surface area contributed by atoms with Gasteiger partial charge in [-0.15, -0.1) is 11.8 Å². The molecule has 0 bridgehead atoms. The van der Waals surface area contributed by atoms with Crippen LogP contribution in [0.4, 0.5) is 5.69 Å². The number of carbonyl (C=O) groups is 1. The topological polar surface area (TPSA) is 32.3 Å². The number of thioether (sulfide) groups is 1. The minimum absolute atomic E-state index is 0.0899. The number of hydrogen-bond acceptors (Lipinski definition) is 3. The molecule has 0 aromatic heterocycles. The number of nitrogens with one attached hydrogen (secondary N) is 1. The van der Waals surface area contributed by atoms with Crippen LogP contribution in [-0.4, -0.2) is 23.9 Å². The summed E-state index contributed by atoms with van der Waals surface area (Å²) in [7, 11) is 0. The van der Waals surface area contributed by atoms with E-state index in [1.807, 2.05) is 30.0 Å². The fraction of sp³-hybridized carbons (Fsp3) is 0.269. The standard InChI is InChI=1S/C26H27BrN2OS/c27-23-6-4-5-21(17-23)18-29-15-13-22(14-16-29)26(30)28-24-11-9-20(10-12-24)19-31-25-7-2-1-3-8-25/h1-12,17,22H,13-16,18-19H2,(H,28,30). The van der Waals surface area contributed by atoms with Gasteiger partial charge in [-0.3, -0.25) is 9.69 Å². The van der Waals surface area contributed by atoms with Crippen LogP contribution in [0.3, 0.4) is 0 Å². The molecule has 3 nitrogen and oxygen atoms in total. The Kier molecular flexibility index (Phi) is 7.84. The number of rotatable bonds is 7. The Morgan fingerprint density at radius 2 is 1.68 bits per heavy atom. The van der Waals surface area contributed by atoms with Gasteiger partial charge in [-0.2, -0.15) is 0 Å². The van der Waals surface area contributed by atoms with Crippen molar-refractivity contribution >= 4 is 39.3 Å².